The van der Waals surface area contributed by atoms with Gasteiger partial charge in [-0.3, -0.25) is 0 Å². The fourth-order valence-electron chi connectivity index (χ4n) is 2.17. The number of rotatable bonds is 12. The molecule has 0 amide bonds. The van der Waals surface area contributed by atoms with Gasteiger partial charge in [0.05, 0.1) is 6.61 Å². The molecule has 20 heavy (non-hydrogen) atoms. The minimum atomic E-state index is 0.0733. The van der Waals surface area contributed by atoms with E-state index in [0.717, 1.165) is 25.9 Å². The van der Waals surface area contributed by atoms with E-state index in [1.54, 1.807) is 0 Å². The molecular formula is C17H28O3. The van der Waals surface area contributed by atoms with Crippen LogP contribution >= 0.6 is 0 Å². The van der Waals surface area contributed by atoms with Crippen molar-refractivity contribution in [3.05, 3.63) is 35.9 Å². The first-order valence-corrected chi connectivity index (χ1v) is 7.70. The smallest absolute Gasteiger partial charge is 0.0716 e. The molecule has 1 aromatic rings. The molecule has 0 aliphatic rings. The topological polar surface area (TPSA) is 49.7 Å². The average Bonchev–Trinajstić information content (AvgIpc) is 2.50. The zero-order valence-corrected chi connectivity index (χ0v) is 12.3. The summed E-state index contributed by atoms with van der Waals surface area (Å²) in [5.74, 6) is 0.0733. The van der Waals surface area contributed by atoms with Gasteiger partial charge in [0.15, 0.2) is 0 Å². The average molecular weight is 280 g/mol. The Balaban J connectivity index is 1.85. The highest BCUT2D eigenvalue weighted by molar-refractivity contribution is 5.13. The van der Waals surface area contributed by atoms with Crippen LogP contribution in [0.2, 0.25) is 0 Å². The summed E-state index contributed by atoms with van der Waals surface area (Å²) in [6.45, 7) is 1.73. The highest BCUT2D eigenvalue weighted by Crippen LogP contribution is 2.11. The molecule has 0 saturated heterocycles. The molecule has 0 aliphatic heterocycles. The third kappa shape index (κ3) is 8.31. The lowest BCUT2D eigenvalue weighted by atomic mass is 10.0. The molecule has 0 bridgehead atoms. The van der Waals surface area contributed by atoms with Gasteiger partial charge >= 0.3 is 0 Å². The van der Waals surface area contributed by atoms with E-state index in [-0.39, 0.29) is 19.1 Å². The fraction of sp³-hybridized carbons (Fsp3) is 0.647. The molecule has 0 unspecified atom stereocenters. The molecule has 3 heteroatoms. The van der Waals surface area contributed by atoms with Crippen molar-refractivity contribution in [2.24, 2.45) is 5.92 Å². The minimum absolute atomic E-state index is 0.0733. The molecule has 2 N–H and O–H groups in total. The summed E-state index contributed by atoms with van der Waals surface area (Å²) in [6.07, 6.45) is 6.70. The van der Waals surface area contributed by atoms with Crippen LogP contribution in [0.1, 0.15) is 44.1 Å². The molecule has 0 aromatic heterocycles. The second-order valence-electron chi connectivity index (χ2n) is 5.33. The minimum Gasteiger partial charge on any atom is -0.396 e. The predicted molar refractivity (Wildman–Crippen MR) is 81.5 cm³/mol. The quantitative estimate of drug-likeness (QED) is 0.578. The Morgan fingerprint density at radius 3 is 2.20 bits per heavy atom. The second-order valence-corrected chi connectivity index (χ2v) is 5.33. The lowest BCUT2D eigenvalue weighted by Crippen LogP contribution is -2.10. The van der Waals surface area contributed by atoms with Crippen molar-refractivity contribution < 1.29 is 14.9 Å². The van der Waals surface area contributed by atoms with Crippen molar-refractivity contribution in [2.45, 2.75) is 45.1 Å². The Morgan fingerprint density at radius 2 is 1.50 bits per heavy atom. The van der Waals surface area contributed by atoms with Gasteiger partial charge < -0.3 is 14.9 Å². The van der Waals surface area contributed by atoms with Crippen LogP contribution in [-0.2, 0) is 11.3 Å². The van der Waals surface area contributed by atoms with Crippen molar-refractivity contribution in [1.82, 2.24) is 0 Å². The highest BCUT2D eigenvalue weighted by atomic mass is 16.5. The number of unbranched alkanes of at least 4 members (excludes halogenated alkanes) is 4. The summed E-state index contributed by atoms with van der Waals surface area (Å²) >= 11 is 0. The highest BCUT2D eigenvalue weighted by Gasteiger charge is 2.04. The number of ether oxygens (including phenoxy) is 1. The van der Waals surface area contributed by atoms with Crippen LogP contribution in [-0.4, -0.2) is 30.0 Å². The zero-order chi connectivity index (χ0) is 14.5. The summed E-state index contributed by atoms with van der Waals surface area (Å²) in [5, 5.41) is 17.9. The van der Waals surface area contributed by atoms with Crippen LogP contribution in [0.4, 0.5) is 0 Å². The Bertz CT molecular complexity index is 309. The molecule has 0 atom stereocenters. The summed E-state index contributed by atoms with van der Waals surface area (Å²) in [5.41, 5.74) is 1.23. The second kappa shape index (κ2) is 11.9. The molecule has 0 saturated carbocycles. The van der Waals surface area contributed by atoms with Crippen LogP contribution in [0.15, 0.2) is 30.3 Å². The number of hydrogen-bond acceptors (Lipinski definition) is 3. The summed E-state index contributed by atoms with van der Waals surface area (Å²) in [4.78, 5) is 0. The van der Waals surface area contributed by atoms with E-state index in [9.17, 15) is 0 Å². The first-order valence-electron chi connectivity index (χ1n) is 7.70. The molecule has 114 valence electrons. The summed E-state index contributed by atoms with van der Waals surface area (Å²) in [7, 11) is 0. The Morgan fingerprint density at radius 1 is 0.850 bits per heavy atom. The lowest BCUT2D eigenvalue weighted by Gasteiger charge is -2.09. The number of aliphatic hydroxyl groups is 2. The van der Waals surface area contributed by atoms with Gasteiger partial charge in [0, 0.05) is 25.7 Å². The zero-order valence-electron chi connectivity index (χ0n) is 12.3. The molecule has 1 aromatic carbocycles. The van der Waals surface area contributed by atoms with Crippen molar-refractivity contribution in [2.75, 3.05) is 19.8 Å². The van der Waals surface area contributed by atoms with Gasteiger partial charge in [-0.1, -0.05) is 56.0 Å². The van der Waals surface area contributed by atoms with E-state index >= 15 is 0 Å². The molecular weight excluding hydrogens is 252 g/mol. The van der Waals surface area contributed by atoms with E-state index in [4.69, 9.17) is 14.9 Å². The van der Waals surface area contributed by atoms with Crippen LogP contribution < -0.4 is 0 Å². The monoisotopic (exact) mass is 280 g/mol. The largest absolute Gasteiger partial charge is 0.396 e. The maximum atomic E-state index is 8.94. The van der Waals surface area contributed by atoms with E-state index in [1.807, 2.05) is 18.2 Å². The van der Waals surface area contributed by atoms with Gasteiger partial charge in [-0.25, -0.2) is 0 Å². The van der Waals surface area contributed by atoms with E-state index < -0.39 is 0 Å². The predicted octanol–water partition coefficient (Wildman–Crippen LogP) is 3.14. The van der Waals surface area contributed by atoms with E-state index in [1.165, 1.54) is 24.8 Å². The maximum Gasteiger partial charge on any atom is 0.0716 e. The lowest BCUT2D eigenvalue weighted by molar-refractivity contribution is 0.116. The number of benzene rings is 1. The third-order valence-electron chi connectivity index (χ3n) is 3.53. The van der Waals surface area contributed by atoms with Crippen LogP contribution in [0.5, 0.6) is 0 Å². The van der Waals surface area contributed by atoms with Crippen molar-refractivity contribution in [1.29, 1.82) is 0 Å². The van der Waals surface area contributed by atoms with Gasteiger partial charge in [0.2, 0.25) is 0 Å². The van der Waals surface area contributed by atoms with E-state index in [0.29, 0.717) is 6.61 Å². The van der Waals surface area contributed by atoms with Crippen LogP contribution in [0.3, 0.4) is 0 Å². The molecule has 0 aliphatic carbocycles. The maximum absolute atomic E-state index is 8.94. The number of hydrogen-bond donors (Lipinski definition) is 2. The van der Waals surface area contributed by atoms with Gasteiger partial charge in [-0.05, 0) is 18.4 Å². The summed E-state index contributed by atoms with van der Waals surface area (Å²) < 4.78 is 5.63. The molecule has 0 heterocycles. The molecule has 3 nitrogen and oxygen atoms in total. The normalized spacial score (nSPS) is 11.2. The van der Waals surface area contributed by atoms with E-state index in [2.05, 4.69) is 12.1 Å². The van der Waals surface area contributed by atoms with Gasteiger partial charge in [-0.2, -0.15) is 0 Å². The Hall–Kier alpha value is -0.900. The Labute approximate surface area is 122 Å². The molecule has 1 rings (SSSR count). The Kier molecular flexibility index (Phi) is 10.2. The van der Waals surface area contributed by atoms with Gasteiger partial charge in [-0.15, -0.1) is 0 Å². The van der Waals surface area contributed by atoms with Gasteiger partial charge in [0.1, 0.15) is 0 Å². The first-order chi connectivity index (χ1) is 9.86. The molecule has 0 fully saturated rings. The van der Waals surface area contributed by atoms with Crippen molar-refractivity contribution >= 4 is 0 Å². The molecule has 0 radical (unpaired) electrons. The summed E-state index contributed by atoms with van der Waals surface area (Å²) in [6, 6.07) is 10.2. The van der Waals surface area contributed by atoms with Crippen LogP contribution in [0.25, 0.3) is 0 Å². The SMILES string of the molecule is OCC(CO)CCCCCCCOCc1ccccc1. The standard InChI is InChI=1S/C17H28O3/c18-13-17(14-19)11-5-2-1-3-8-12-20-15-16-9-6-4-7-10-16/h4,6-7,9-10,17-19H,1-3,5,8,11-15H2. The third-order valence-corrected chi connectivity index (χ3v) is 3.53. The van der Waals surface area contributed by atoms with Gasteiger partial charge in [0.25, 0.3) is 0 Å². The van der Waals surface area contributed by atoms with Crippen molar-refractivity contribution in [3.63, 3.8) is 0 Å². The molecule has 0 spiro atoms. The fourth-order valence-corrected chi connectivity index (χ4v) is 2.17. The first kappa shape index (κ1) is 17.2. The van der Waals surface area contributed by atoms with Crippen LogP contribution in [0, 0.1) is 5.92 Å². The van der Waals surface area contributed by atoms with Crippen molar-refractivity contribution in [3.8, 4) is 0 Å². The number of aliphatic hydroxyl groups excluding tert-OH is 2.